The van der Waals surface area contributed by atoms with Gasteiger partial charge in [0.1, 0.15) is 0 Å². The first-order valence-corrected chi connectivity index (χ1v) is 1.66. The van der Waals surface area contributed by atoms with E-state index in [-0.39, 0.29) is 0 Å². The summed E-state index contributed by atoms with van der Waals surface area (Å²) in [6, 6.07) is -0.648. The van der Waals surface area contributed by atoms with Crippen LogP contribution < -0.4 is 16.0 Å². The number of urea groups is 1. The molecule has 0 spiro atoms. The molecule has 0 aromatic carbocycles. The summed E-state index contributed by atoms with van der Waals surface area (Å²) in [5.74, 6) is 0. The monoisotopic (exact) mass is 107 g/mol. The molecule has 0 aliphatic heterocycles. The number of rotatable bonds is 1. The number of thiol groups is 1. The molecule has 0 fully saturated rings. The molecule has 0 aliphatic rings. The average Bonchev–Trinajstić information content (AvgIpc) is 1.35. The molecular weight excluding hydrogens is 102 g/mol. The predicted molar refractivity (Wildman–Crippen MR) is 24.8 cm³/mol. The highest BCUT2D eigenvalue weighted by molar-refractivity contribution is 7.78. The third-order valence-electron chi connectivity index (χ3n) is 0.179. The highest BCUT2D eigenvalue weighted by atomic mass is 32.1. The van der Waals surface area contributed by atoms with E-state index in [1.807, 2.05) is 10.3 Å². The van der Waals surface area contributed by atoms with E-state index in [1.165, 1.54) is 0 Å². The van der Waals surface area contributed by atoms with Crippen LogP contribution in [0.25, 0.3) is 0 Å². The van der Waals surface area contributed by atoms with Gasteiger partial charge in [0.2, 0.25) is 0 Å². The maximum absolute atomic E-state index is 9.60. The first-order chi connectivity index (χ1) is 2.77. The van der Waals surface area contributed by atoms with Crippen molar-refractivity contribution in [2.24, 2.45) is 5.73 Å². The van der Waals surface area contributed by atoms with Crippen molar-refractivity contribution in [3.63, 3.8) is 0 Å². The number of primary amides is 1. The molecule has 6 heavy (non-hydrogen) atoms. The lowest BCUT2D eigenvalue weighted by molar-refractivity contribution is 0.248. The highest BCUT2D eigenvalue weighted by Crippen LogP contribution is 1.48. The third-order valence-corrected chi connectivity index (χ3v) is 0.291. The summed E-state index contributed by atoms with van der Waals surface area (Å²) in [5, 5.41) is 0. The van der Waals surface area contributed by atoms with Gasteiger partial charge in [-0.15, -0.1) is 0 Å². The van der Waals surface area contributed by atoms with E-state index in [0.29, 0.717) is 0 Å². The van der Waals surface area contributed by atoms with Gasteiger partial charge in [-0.3, -0.25) is 5.43 Å². The smallest absolute Gasteiger partial charge is 0.327 e. The second-order valence-corrected chi connectivity index (χ2v) is 0.825. The van der Waals surface area contributed by atoms with Gasteiger partial charge in [-0.05, 0) is 0 Å². The fourth-order valence-corrected chi connectivity index (χ4v) is 0.165. The maximum atomic E-state index is 9.60. The van der Waals surface area contributed by atoms with E-state index in [4.69, 9.17) is 0 Å². The van der Waals surface area contributed by atoms with Gasteiger partial charge in [-0.25, -0.2) is 4.79 Å². The van der Waals surface area contributed by atoms with Crippen LogP contribution in [0.1, 0.15) is 0 Å². The van der Waals surface area contributed by atoms with Crippen molar-refractivity contribution in [3.8, 4) is 0 Å². The van der Waals surface area contributed by atoms with Crippen LogP contribution in [0.2, 0.25) is 0 Å². The molecule has 0 aromatic rings. The molecule has 36 valence electrons. The Hall–Kier alpha value is -0.420. The number of amides is 2. The van der Waals surface area contributed by atoms with Gasteiger partial charge in [0.25, 0.3) is 0 Å². The molecule has 0 aromatic heterocycles. The number of nitrogens with two attached hydrogens (primary N) is 1. The Bertz CT molecular complexity index is 54.8. The number of hydrogen-bond donors (Lipinski definition) is 4. The van der Waals surface area contributed by atoms with Gasteiger partial charge in [0.15, 0.2) is 0 Å². The Morgan fingerprint density at radius 3 is 2.33 bits per heavy atom. The standard InChI is InChI=1S/CH5N3OS/c2-1(5)3-4-6/h4,6H,(H3,2,3,5). The molecule has 4 nitrogen and oxygen atoms in total. The average molecular weight is 107 g/mol. The van der Waals surface area contributed by atoms with Crippen LogP contribution in [0.4, 0.5) is 4.79 Å². The summed E-state index contributed by atoms with van der Waals surface area (Å²) in [6.07, 6.45) is 0. The van der Waals surface area contributed by atoms with Crippen LogP contribution in [0.3, 0.4) is 0 Å². The zero-order chi connectivity index (χ0) is 4.99. The van der Waals surface area contributed by atoms with Crippen LogP contribution in [-0.4, -0.2) is 6.03 Å². The van der Waals surface area contributed by atoms with E-state index in [0.717, 1.165) is 0 Å². The van der Waals surface area contributed by atoms with Gasteiger partial charge < -0.3 is 5.73 Å². The fraction of sp³-hybridized carbons (Fsp3) is 0. The number of carbonyl (C=O) groups excluding carboxylic acids is 1. The minimum Gasteiger partial charge on any atom is -0.351 e. The molecule has 0 atom stereocenters. The lowest BCUT2D eigenvalue weighted by Gasteiger charge is -1.90. The topological polar surface area (TPSA) is 67.2 Å². The van der Waals surface area contributed by atoms with Crippen LogP contribution in [0.15, 0.2) is 0 Å². The molecule has 4 N–H and O–H groups in total. The van der Waals surface area contributed by atoms with Gasteiger partial charge in [0, 0.05) is 0 Å². The van der Waals surface area contributed by atoms with Crippen molar-refractivity contribution < 1.29 is 4.79 Å². The number of carbonyl (C=O) groups is 1. The fourth-order valence-electron chi connectivity index (χ4n) is 0.0551. The lowest BCUT2D eigenvalue weighted by Crippen LogP contribution is -2.35. The van der Waals surface area contributed by atoms with Crippen LogP contribution in [-0.2, 0) is 0 Å². The molecular formula is CH5N3OS. The van der Waals surface area contributed by atoms with E-state index in [1.54, 1.807) is 0 Å². The highest BCUT2D eigenvalue weighted by Gasteiger charge is 1.79. The molecule has 0 radical (unpaired) electrons. The molecule has 0 saturated heterocycles. The lowest BCUT2D eigenvalue weighted by atomic mass is 11.2. The van der Waals surface area contributed by atoms with Crippen LogP contribution in [0.5, 0.6) is 0 Å². The quantitative estimate of drug-likeness (QED) is 0.256. The van der Waals surface area contributed by atoms with Gasteiger partial charge >= 0.3 is 6.03 Å². The Labute approximate surface area is 40.6 Å². The summed E-state index contributed by atoms with van der Waals surface area (Å²) in [6.45, 7) is 0. The molecule has 5 heteroatoms. The Morgan fingerprint density at radius 1 is 1.83 bits per heavy atom. The summed E-state index contributed by atoms with van der Waals surface area (Å²) in [4.78, 5) is 11.6. The molecule has 0 saturated carbocycles. The zero-order valence-electron chi connectivity index (χ0n) is 2.93. The molecule has 0 aliphatic carbocycles. The van der Waals surface area contributed by atoms with Gasteiger partial charge in [0.05, 0.1) is 0 Å². The predicted octanol–water partition coefficient (Wildman–Crippen LogP) is -0.996. The number of hydrazine groups is 1. The third kappa shape index (κ3) is 3.58. The van der Waals surface area contributed by atoms with Crippen LogP contribution in [0, 0.1) is 0 Å². The SMILES string of the molecule is NC(=O)NNS. The van der Waals surface area contributed by atoms with Crippen molar-refractivity contribution in [1.82, 2.24) is 10.3 Å². The van der Waals surface area contributed by atoms with Crippen molar-refractivity contribution in [2.45, 2.75) is 0 Å². The summed E-state index contributed by atoms with van der Waals surface area (Å²) in [5.41, 5.74) is 6.50. The number of nitrogens with one attached hydrogen (secondary N) is 2. The first kappa shape index (κ1) is 5.58. The molecule has 0 rings (SSSR count). The summed E-state index contributed by atoms with van der Waals surface area (Å²) < 4.78 is 0. The van der Waals surface area contributed by atoms with Crippen molar-refractivity contribution in [1.29, 1.82) is 0 Å². The summed E-state index contributed by atoms with van der Waals surface area (Å²) in [7, 11) is 0. The molecule has 0 bridgehead atoms. The van der Waals surface area contributed by atoms with Gasteiger partial charge in [-0.2, -0.15) is 4.83 Å². The minimum absolute atomic E-state index is 0.648. The maximum Gasteiger partial charge on any atom is 0.327 e. The van der Waals surface area contributed by atoms with E-state index < -0.39 is 6.03 Å². The van der Waals surface area contributed by atoms with Crippen molar-refractivity contribution in [2.75, 3.05) is 0 Å². The first-order valence-electron chi connectivity index (χ1n) is 1.22. The second-order valence-electron chi connectivity index (χ2n) is 0.601. The molecule has 0 heterocycles. The van der Waals surface area contributed by atoms with Crippen molar-refractivity contribution >= 4 is 18.8 Å². The van der Waals surface area contributed by atoms with E-state index in [9.17, 15) is 4.79 Å². The minimum atomic E-state index is -0.648. The molecule has 0 unspecified atom stereocenters. The second kappa shape index (κ2) is 2.80. The van der Waals surface area contributed by atoms with Gasteiger partial charge in [-0.1, -0.05) is 12.8 Å². The van der Waals surface area contributed by atoms with E-state index >= 15 is 0 Å². The summed E-state index contributed by atoms with van der Waals surface area (Å²) >= 11 is 3.40. The zero-order valence-corrected chi connectivity index (χ0v) is 3.83. The Morgan fingerprint density at radius 2 is 2.33 bits per heavy atom. The number of hydrogen-bond acceptors (Lipinski definition) is 3. The Kier molecular flexibility index (Phi) is 2.60. The Balaban J connectivity index is 2.83. The van der Waals surface area contributed by atoms with Crippen LogP contribution >= 0.6 is 12.8 Å². The molecule has 2 amide bonds. The van der Waals surface area contributed by atoms with E-state index in [2.05, 4.69) is 18.5 Å². The largest absolute Gasteiger partial charge is 0.351 e. The van der Waals surface area contributed by atoms with Crippen molar-refractivity contribution in [3.05, 3.63) is 0 Å². The normalized spacial score (nSPS) is 7.50.